The molecular weight excluding hydrogens is 469 g/mol. The average molecular weight is 495 g/mol. The van der Waals surface area contributed by atoms with Crippen LogP contribution in [-0.4, -0.2) is 44.1 Å². The number of rotatable bonds is 5. The summed E-state index contributed by atoms with van der Waals surface area (Å²) in [4.78, 5) is 23.4. The highest BCUT2D eigenvalue weighted by Crippen LogP contribution is 2.34. The molecule has 0 aliphatic carbocycles. The molecule has 0 saturated carbocycles. The van der Waals surface area contributed by atoms with Crippen LogP contribution in [0.4, 0.5) is 19.0 Å². The van der Waals surface area contributed by atoms with Gasteiger partial charge in [-0.3, -0.25) is 19.8 Å². The number of H-pyrrole nitrogens is 1. The van der Waals surface area contributed by atoms with Crippen molar-refractivity contribution in [1.82, 2.24) is 25.1 Å². The SMILES string of the molecule is CC1CCN(Cc2cncc(-c3ccc4[nH]nc(C(=O)Nc5ncccc5C(F)(F)F)c4c3)c2)CC1. The number of anilines is 1. The molecule has 0 spiro atoms. The highest BCUT2D eigenvalue weighted by atomic mass is 19.4. The Morgan fingerprint density at radius 1 is 1.14 bits per heavy atom. The normalized spacial score (nSPS) is 15.3. The number of amides is 1. The van der Waals surface area contributed by atoms with E-state index in [1.807, 2.05) is 12.3 Å². The van der Waals surface area contributed by atoms with E-state index in [4.69, 9.17) is 0 Å². The minimum atomic E-state index is -4.65. The smallest absolute Gasteiger partial charge is 0.305 e. The van der Waals surface area contributed by atoms with E-state index in [0.717, 1.165) is 48.3 Å². The van der Waals surface area contributed by atoms with Gasteiger partial charge in [-0.1, -0.05) is 13.0 Å². The van der Waals surface area contributed by atoms with Crippen LogP contribution in [0.5, 0.6) is 0 Å². The quantitative estimate of drug-likeness (QED) is 0.381. The lowest BCUT2D eigenvalue weighted by atomic mass is 9.98. The lowest BCUT2D eigenvalue weighted by molar-refractivity contribution is -0.137. The molecule has 7 nitrogen and oxygen atoms in total. The van der Waals surface area contributed by atoms with Crippen molar-refractivity contribution in [3.63, 3.8) is 0 Å². The number of nitrogens with one attached hydrogen (secondary N) is 2. The van der Waals surface area contributed by atoms with Crippen LogP contribution in [0.1, 0.15) is 41.4 Å². The Morgan fingerprint density at radius 2 is 1.94 bits per heavy atom. The van der Waals surface area contributed by atoms with Gasteiger partial charge in [-0.15, -0.1) is 0 Å². The molecule has 36 heavy (non-hydrogen) atoms. The van der Waals surface area contributed by atoms with Crippen LogP contribution >= 0.6 is 0 Å². The Morgan fingerprint density at radius 3 is 2.72 bits per heavy atom. The first-order valence-corrected chi connectivity index (χ1v) is 11.8. The number of benzene rings is 1. The third kappa shape index (κ3) is 5.08. The zero-order valence-electron chi connectivity index (χ0n) is 19.6. The molecule has 186 valence electrons. The maximum Gasteiger partial charge on any atom is 0.419 e. The number of aromatic nitrogens is 4. The summed E-state index contributed by atoms with van der Waals surface area (Å²) >= 11 is 0. The molecule has 2 N–H and O–H groups in total. The van der Waals surface area contributed by atoms with Gasteiger partial charge in [0.1, 0.15) is 5.82 Å². The van der Waals surface area contributed by atoms with Gasteiger partial charge in [0.2, 0.25) is 0 Å². The van der Waals surface area contributed by atoms with Crippen LogP contribution in [0.2, 0.25) is 0 Å². The Bertz CT molecular complexity index is 1390. The van der Waals surface area contributed by atoms with Crippen molar-refractivity contribution in [3.05, 3.63) is 71.8 Å². The Hall–Kier alpha value is -3.79. The highest BCUT2D eigenvalue weighted by molar-refractivity contribution is 6.11. The molecule has 0 bridgehead atoms. The fourth-order valence-corrected chi connectivity index (χ4v) is 4.48. The van der Waals surface area contributed by atoms with Crippen LogP contribution in [0.15, 0.2) is 55.0 Å². The van der Waals surface area contributed by atoms with Crippen LogP contribution < -0.4 is 5.32 Å². The van der Waals surface area contributed by atoms with E-state index in [1.54, 1.807) is 18.3 Å². The second kappa shape index (κ2) is 9.69. The number of alkyl halides is 3. The number of pyridine rings is 2. The summed E-state index contributed by atoms with van der Waals surface area (Å²) in [5.74, 6) is -0.586. The van der Waals surface area contributed by atoms with Crippen molar-refractivity contribution < 1.29 is 18.0 Å². The van der Waals surface area contributed by atoms with Crippen molar-refractivity contribution >= 4 is 22.6 Å². The molecular formula is C26H25F3N6O. The molecule has 0 radical (unpaired) electrons. The van der Waals surface area contributed by atoms with Gasteiger partial charge in [0, 0.05) is 36.1 Å². The summed E-state index contributed by atoms with van der Waals surface area (Å²) in [7, 11) is 0. The summed E-state index contributed by atoms with van der Waals surface area (Å²) in [6.07, 6.45) is 2.54. The van der Waals surface area contributed by atoms with E-state index in [9.17, 15) is 18.0 Å². The molecule has 1 saturated heterocycles. The molecule has 1 aliphatic rings. The van der Waals surface area contributed by atoms with Gasteiger partial charge in [0.05, 0.1) is 11.1 Å². The van der Waals surface area contributed by atoms with Gasteiger partial charge in [-0.2, -0.15) is 18.3 Å². The van der Waals surface area contributed by atoms with E-state index in [-0.39, 0.29) is 5.69 Å². The summed E-state index contributed by atoms with van der Waals surface area (Å²) in [5, 5.41) is 9.57. The highest BCUT2D eigenvalue weighted by Gasteiger charge is 2.35. The average Bonchev–Trinajstić information content (AvgIpc) is 3.29. The number of carbonyl (C=O) groups is 1. The van der Waals surface area contributed by atoms with Gasteiger partial charge in [0.25, 0.3) is 5.91 Å². The Kier molecular flexibility index (Phi) is 6.44. The van der Waals surface area contributed by atoms with Gasteiger partial charge >= 0.3 is 6.18 Å². The Labute approximate surface area is 205 Å². The van der Waals surface area contributed by atoms with E-state index in [1.165, 1.54) is 25.1 Å². The fraction of sp³-hybridized carbons (Fsp3) is 0.308. The number of nitrogens with zero attached hydrogens (tertiary/aromatic N) is 4. The monoisotopic (exact) mass is 494 g/mol. The van der Waals surface area contributed by atoms with Crippen molar-refractivity contribution in [3.8, 4) is 11.1 Å². The maximum absolute atomic E-state index is 13.3. The maximum atomic E-state index is 13.3. The van der Waals surface area contributed by atoms with E-state index in [2.05, 4.69) is 43.4 Å². The molecule has 1 amide bonds. The standard InChI is InChI=1S/C26H25F3N6O/c1-16-6-9-35(10-7-16)15-17-11-19(14-30-13-17)18-4-5-22-20(12-18)23(34-33-22)25(36)32-24-21(26(27,28)29)3-2-8-31-24/h2-5,8,11-14,16H,6-7,9-10,15H2,1H3,(H,33,34)(H,31,32,36). The fourth-order valence-electron chi connectivity index (χ4n) is 4.48. The molecule has 4 heterocycles. The van der Waals surface area contributed by atoms with Gasteiger partial charge in [-0.25, -0.2) is 4.98 Å². The van der Waals surface area contributed by atoms with Gasteiger partial charge in [-0.05, 0) is 73.3 Å². The molecule has 0 unspecified atom stereocenters. The van der Waals surface area contributed by atoms with Crippen LogP contribution in [0.25, 0.3) is 22.0 Å². The molecule has 1 fully saturated rings. The number of fused-ring (bicyclic) bond motifs is 1. The lowest BCUT2D eigenvalue weighted by Gasteiger charge is -2.30. The van der Waals surface area contributed by atoms with Crippen LogP contribution in [0, 0.1) is 5.92 Å². The predicted molar refractivity (Wildman–Crippen MR) is 130 cm³/mol. The predicted octanol–water partition coefficient (Wildman–Crippen LogP) is 5.52. The molecule has 3 aromatic heterocycles. The number of hydrogen-bond acceptors (Lipinski definition) is 5. The molecule has 4 aromatic rings. The molecule has 10 heteroatoms. The van der Waals surface area contributed by atoms with E-state index >= 15 is 0 Å². The number of aromatic amines is 1. The first-order valence-electron chi connectivity index (χ1n) is 11.8. The minimum absolute atomic E-state index is 0.0165. The lowest BCUT2D eigenvalue weighted by Crippen LogP contribution is -2.32. The van der Waals surface area contributed by atoms with Crippen molar-refractivity contribution in [2.24, 2.45) is 5.92 Å². The summed E-state index contributed by atoms with van der Waals surface area (Å²) in [6, 6.07) is 9.59. The Balaban J connectivity index is 1.40. The third-order valence-corrected chi connectivity index (χ3v) is 6.53. The number of hydrogen-bond donors (Lipinski definition) is 2. The van der Waals surface area contributed by atoms with Crippen LogP contribution in [0.3, 0.4) is 0 Å². The zero-order chi connectivity index (χ0) is 25.3. The van der Waals surface area contributed by atoms with E-state index in [0.29, 0.717) is 10.9 Å². The van der Waals surface area contributed by atoms with Gasteiger partial charge < -0.3 is 5.32 Å². The molecule has 1 aliphatic heterocycles. The van der Waals surface area contributed by atoms with Crippen molar-refractivity contribution in [2.75, 3.05) is 18.4 Å². The van der Waals surface area contributed by atoms with Crippen LogP contribution in [-0.2, 0) is 12.7 Å². The van der Waals surface area contributed by atoms with Gasteiger partial charge in [0.15, 0.2) is 5.69 Å². The molecule has 5 rings (SSSR count). The zero-order valence-corrected chi connectivity index (χ0v) is 19.6. The molecule has 1 aromatic carbocycles. The summed E-state index contributed by atoms with van der Waals surface area (Å²) in [6.45, 7) is 5.24. The van der Waals surface area contributed by atoms with Crippen molar-refractivity contribution in [1.29, 1.82) is 0 Å². The topological polar surface area (TPSA) is 86.8 Å². The van der Waals surface area contributed by atoms with Crippen molar-refractivity contribution in [2.45, 2.75) is 32.5 Å². The summed E-state index contributed by atoms with van der Waals surface area (Å²) < 4.78 is 39.9. The second-order valence-corrected chi connectivity index (χ2v) is 9.22. The number of likely N-dealkylation sites (tertiary alicyclic amines) is 1. The van der Waals surface area contributed by atoms with E-state index < -0.39 is 23.5 Å². The minimum Gasteiger partial charge on any atom is -0.305 e. The third-order valence-electron chi connectivity index (χ3n) is 6.53. The largest absolute Gasteiger partial charge is 0.419 e. The number of halogens is 3. The molecule has 0 atom stereocenters. The first kappa shape index (κ1) is 23.9. The number of carbonyl (C=O) groups excluding carboxylic acids is 1. The first-order chi connectivity index (χ1) is 17.3. The number of piperidine rings is 1. The second-order valence-electron chi connectivity index (χ2n) is 9.22. The summed E-state index contributed by atoms with van der Waals surface area (Å²) in [5.41, 5.74) is 2.36.